The monoisotopic (exact) mass is 361 g/mol. The van der Waals surface area contributed by atoms with Crippen LogP contribution in [-0.4, -0.2) is 15.7 Å². The molecule has 0 bridgehead atoms. The van der Waals surface area contributed by atoms with Crippen LogP contribution < -0.4 is 5.32 Å². The van der Waals surface area contributed by atoms with Gasteiger partial charge >= 0.3 is 0 Å². The summed E-state index contributed by atoms with van der Waals surface area (Å²) < 4.78 is 20.1. The Morgan fingerprint density at radius 3 is 2.52 bits per heavy atom. The predicted octanol–water partition coefficient (Wildman–Crippen LogP) is 4.20. The minimum absolute atomic E-state index is 0.284. The molecule has 0 saturated heterocycles. The quantitative estimate of drug-likeness (QED) is 0.579. The van der Waals surface area contributed by atoms with Gasteiger partial charge in [-0.15, -0.1) is 0 Å². The number of amides is 1. The highest BCUT2D eigenvalue weighted by Gasteiger charge is 2.18. The first-order chi connectivity index (χ1) is 13.2. The number of aromatic nitrogens is 2. The summed E-state index contributed by atoms with van der Waals surface area (Å²) in [5, 5.41) is 7.36. The van der Waals surface area contributed by atoms with Crippen molar-refractivity contribution >= 4 is 5.91 Å². The van der Waals surface area contributed by atoms with E-state index in [1.165, 1.54) is 16.8 Å². The molecule has 4 aromatic rings. The van der Waals surface area contributed by atoms with E-state index >= 15 is 0 Å². The van der Waals surface area contributed by atoms with Crippen LogP contribution in [0.5, 0.6) is 0 Å². The average Bonchev–Trinajstić information content (AvgIpc) is 3.37. The molecule has 0 radical (unpaired) electrons. The Morgan fingerprint density at radius 2 is 1.81 bits per heavy atom. The maximum Gasteiger partial charge on any atom is 0.270 e. The number of benzene rings is 2. The lowest BCUT2D eigenvalue weighted by Gasteiger charge is -2.08. The fraction of sp³-hybridized carbons (Fsp3) is 0.0476. The zero-order valence-electron chi connectivity index (χ0n) is 14.3. The van der Waals surface area contributed by atoms with Gasteiger partial charge in [-0.3, -0.25) is 4.79 Å². The van der Waals surface area contributed by atoms with Gasteiger partial charge in [0.2, 0.25) is 0 Å². The molecule has 0 aliphatic carbocycles. The van der Waals surface area contributed by atoms with Gasteiger partial charge in [0.05, 0.1) is 12.0 Å². The highest BCUT2D eigenvalue weighted by molar-refractivity contribution is 5.94. The van der Waals surface area contributed by atoms with E-state index in [1.807, 2.05) is 30.3 Å². The van der Waals surface area contributed by atoms with Gasteiger partial charge in [0.1, 0.15) is 17.2 Å². The number of rotatable bonds is 5. The first-order valence-corrected chi connectivity index (χ1v) is 8.43. The van der Waals surface area contributed by atoms with Crippen LogP contribution in [0.2, 0.25) is 0 Å². The molecule has 2 heterocycles. The molecular formula is C21H16FN3O2. The van der Waals surface area contributed by atoms with Crippen LogP contribution in [0.15, 0.2) is 83.5 Å². The van der Waals surface area contributed by atoms with Gasteiger partial charge in [0.25, 0.3) is 5.91 Å². The third-order valence-electron chi connectivity index (χ3n) is 4.08. The van der Waals surface area contributed by atoms with Crippen molar-refractivity contribution in [3.63, 3.8) is 0 Å². The Hall–Kier alpha value is -3.67. The van der Waals surface area contributed by atoms with Gasteiger partial charge in [0.15, 0.2) is 5.76 Å². The van der Waals surface area contributed by atoms with E-state index in [9.17, 15) is 9.18 Å². The van der Waals surface area contributed by atoms with E-state index < -0.39 is 0 Å². The number of halogens is 1. The normalized spacial score (nSPS) is 10.7. The van der Waals surface area contributed by atoms with Crippen molar-refractivity contribution in [3.8, 4) is 17.1 Å². The van der Waals surface area contributed by atoms with Crippen LogP contribution >= 0.6 is 0 Å². The Kier molecular flexibility index (Phi) is 4.53. The molecule has 0 unspecified atom stereocenters. The standard InChI is InChI=1S/C21H16FN3O2/c22-16-8-10-17(11-9-16)25-19(13-18(24-25)20-7-4-12-27-20)21(26)23-14-15-5-2-1-3-6-15/h1-13H,14H2,(H,23,26). The summed E-state index contributed by atoms with van der Waals surface area (Å²) in [5.74, 6) is -0.0892. The molecule has 27 heavy (non-hydrogen) atoms. The summed E-state index contributed by atoms with van der Waals surface area (Å²) in [6.07, 6.45) is 1.54. The van der Waals surface area contributed by atoms with Crippen molar-refractivity contribution in [2.75, 3.05) is 0 Å². The second-order valence-corrected chi connectivity index (χ2v) is 5.95. The van der Waals surface area contributed by atoms with Gasteiger partial charge in [-0.05, 0) is 42.0 Å². The molecule has 0 fully saturated rings. The number of nitrogens with zero attached hydrogens (tertiary/aromatic N) is 2. The number of carbonyl (C=O) groups is 1. The summed E-state index contributed by atoms with van der Waals surface area (Å²) in [4.78, 5) is 12.8. The molecular weight excluding hydrogens is 345 g/mol. The topological polar surface area (TPSA) is 60.1 Å². The van der Waals surface area contributed by atoms with Crippen LogP contribution in [0.3, 0.4) is 0 Å². The predicted molar refractivity (Wildman–Crippen MR) is 98.8 cm³/mol. The van der Waals surface area contributed by atoms with Gasteiger partial charge < -0.3 is 9.73 Å². The van der Waals surface area contributed by atoms with Crippen molar-refractivity contribution < 1.29 is 13.6 Å². The number of carbonyl (C=O) groups excluding carboxylic acids is 1. The fourth-order valence-electron chi connectivity index (χ4n) is 2.74. The molecule has 1 N–H and O–H groups in total. The molecule has 5 nitrogen and oxygen atoms in total. The fourth-order valence-corrected chi connectivity index (χ4v) is 2.74. The van der Waals surface area contributed by atoms with Crippen molar-refractivity contribution in [2.24, 2.45) is 0 Å². The van der Waals surface area contributed by atoms with Crippen molar-refractivity contribution in [2.45, 2.75) is 6.54 Å². The molecule has 0 atom stereocenters. The second-order valence-electron chi connectivity index (χ2n) is 5.95. The lowest BCUT2D eigenvalue weighted by atomic mass is 10.2. The van der Waals surface area contributed by atoms with E-state index in [1.54, 1.807) is 36.6 Å². The number of nitrogens with one attached hydrogen (secondary N) is 1. The second kappa shape index (κ2) is 7.29. The zero-order chi connectivity index (χ0) is 18.6. The Morgan fingerprint density at radius 1 is 1.04 bits per heavy atom. The molecule has 4 rings (SSSR count). The van der Waals surface area contributed by atoms with E-state index in [4.69, 9.17) is 4.42 Å². The van der Waals surface area contributed by atoms with Crippen LogP contribution in [-0.2, 0) is 6.54 Å². The Bertz CT molecular complexity index is 1040. The number of hydrogen-bond donors (Lipinski definition) is 1. The van der Waals surface area contributed by atoms with Crippen molar-refractivity contribution in [3.05, 3.63) is 96.1 Å². The van der Waals surface area contributed by atoms with Gasteiger partial charge in [-0.2, -0.15) is 5.10 Å². The first kappa shape index (κ1) is 16.8. The molecule has 0 saturated carbocycles. The minimum atomic E-state index is -0.354. The summed E-state index contributed by atoms with van der Waals surface area (Å²) in [6, 6.07) is 20.6. The molecule has 1 amide bonds. The molecule has 134 valence electrons. The SMILES string of the molecule is O=C(NCc1ccccc1)c1cc(-c2ccco2)nn1-c1ccc(F)cc1. The van der Waals surface area contributed by atoms with Crippen molar-refractivity contribution in [1.29, 1.82) is 0 Å². The molecule has 0 aliphatic rings. The van der Waals surface area contributed by atoms with Gasteiger partial charge in [0, 0.05) is 12.6 Å². The largest absolute Gasteiger partial charge is 0.463 e. The van der Waals surface area contributed by atoms with Crippen molar-refractivity contribution in [1.82, 2.24) is 15.1 Å². The highest BCUT2D eigenvalue weighted by atomic mass is 19.1. The molecule has 6 heteroatoms. The zero-order valence-corrected chi connectivity index (χ0v) is 14.3. The molecule has 2 aromatic carbocycles. The van der Waals surface area contributed by atoms with Crippen LogP contribution in [0.1, 0.15) is 16.1 Å². The summed E-state index contributed by atoms with van der Waals surface area (Å²) >= 11 is 0. The van der Waals surface area contributed by atoms with Crippen LogP contribution in [0, 0.1) is 5.82 Å². The van der Waals surface area contributed by atoms with E-state index in [2.05, 4.69) is 10.4 Å². The van der Waals surface area contributed by atoms with Crippen LogP contribution in [0.4, 0.5) is 4.39 Å². The number of furan rings is 1. The van der Waals surface area contributed by atoms with Gasteiger partial charge in [-0.25, -0.2) is 9.07 Å². The van der Waals surface area contributed by atoms with E-state index in [0.717, 1.165) is 5.56 Å². The summed E-state index contributed by atoms with van der Waals surface area (Å²) in [7, 11) is 0. The lowest BCUT2D eigenvalue weighted by Crippen LogP contribution is -2.25. The number of hydrogen-bond acceptors (Lipinski definition) is 3. The third kappa shape index (κ3) is 3.64. The Balaban J connectivity index is 1.67. The smallest absolute Gasteiger partial charge is 0.270 e. The maximum atomic E-state index is 13.3. The van der Waals surface area contributed by atoms with Gasteiger partial charge in [-0.1, -0.05) is 30.3 Å². The lowest BCUT2D eigenvalue weighted by molar-refractivity contribution is 0.0943. The highest BCUT2D eigenvalue weighted by Crippen LogP contribution is 2.22. The van der Waals surface area contributed by atoms with E-state index in [0.29, 0.717) is 29.4 Å². The molecule has 0 spiro atoms. The summed E-state index contributed by atoms with van der Waals surface area (Å²) in [6.45, 7) is 0.393. The van der Waals surface area contributed by atoms with E-state index in [-0.39, 0.29) is 11.7 Å². The molecule has 2 aromatic heterocycles. The Labute approximate surface area is 155 Å². The molecule has 0 aliphatic heterocycles. The average molecular weight is 361 g/mol. The summed E-state index contributed by atoms with van der Waals surface area (Å²) in [5.41, 5.74) is 2.43. The minimum Gasteiger partial charge on any atom is -0.463 e. The van der Waals surface area contributed by atoms with Crippen LogP contribution in [0.25, 0.3) is 17.1 Å². The maximum absolute atomic E-state index is 13.3. The third-order valence-corrected chi connectivity index (χ3v) is 4.08. The first-order valence-electron chi connectivity index (χ1n) is 8.43.